The van der Waals surface area contributed by atoms with E-state index in [0.717, 1.165) is 0 Å². The number of nitrogens with two attached hydrogens (primary N) is 1. The molecule has 3 N–H and O–H groups in total. The number of amides is 1. The van der Waals surface area contributed by atoms with E-state index in [-0.39, 0.29) is 12.5 Å². The molecule has 1 aromatic carbocycles. The van der Waals surface area contributed by atoms with Crippen LogP contribution in [0.1, 0.15) is 6.92 Å². The number of carbonyl (C=O) groups is 1. The maximum absolute atomic E-state index is 11.9. The van der Waals surface area contributed by atoms with Crippen LogP contribution in [0.25, 0.3) is 0 Å². The van der Waals surface area contributed by atoms with Gasteiger partial charge in [0.15, 0.2) is 0 Å². The van der Waals surface area contributed by atoms with Gasteiger partial charge in [-0.25, -0.2) is 0 Å². The van der Waals surface area contributed by atoms with E-state index < -0.39 is 0 Å². The lowest BCUT2D eigenvalue weighted by Gasteiger charge is -2.12. The third-order valence-electron chi connectivity index (χ3n) is 2.48. The number of rotatable bonds is 5. The van der Waals surface area contributed by atoms with Gasteiger partial charge in [-0.05, 0) is 31.2 Å². The molecule has 1 heterocycles. The van der Waals surface area contributed by atoms with Gasteiger partial charge in [-0.2, -0.15) is 5.10 Å². The number of anilines is 2. The molecule has 0 radical (unpaired) electrons. The highest BCUT2D eigenvalue weighted by Crippen LogP contribution is 2.28. The van der Waals surface area contributed by atoms with E-state index in [4.69, 9.17) is 22.1 Å². The van der Waals surface area contributed by atoms with Crippen LogP contribution in [0, 0.1) is 0 Å². The van der Waals surface area contributed by atoms with Crippen molar-refractivity contribution in [1.82, 2.24) is 9.78 Å². The Kier molecular flexibility index (Phi) is 4.47. The highest BCUT2D eigenvalue weighted by molar-refractivity contribution is 6.31. The first-order valence-electron chi connectivity index (χ1n) is 6.09. The van der Waals surface area contributed by atoms with Crippen molar-refractivity contribution in [3.05, 3.63) is 35.5 Å². The van der Waals surface area contributed by atoms with E-state index in [9.17, 15) is 4.79 Å². The van der Waals surface area contributed by atoms with E-state index >= 15 is 0 Å². The molecule has 0 aliphatic rings. The molecule has 20 heavy (non-hydrogen) atoms. The van der Waals surface area contributed by atoms with Crippen molar-refractivity contribution >= 4 is 29.0 Å². The Balaban J connectivity index is 2.08. The monoisotopic (exact) mass is 294 g/mol. The highest BCUT2D eigenvalue weighted by atomic mass is 35.5. The number of nitrogen functional groups attached to an aromatic ring is 1. The molecular weight excluding hydrogens is 280 g/mol. The minimum Gasteiger partial charge on any atom is -0.492 e. The summed E-state index contributed by atoms with van der Waals surface area (Å²) in [5.74, 6) is 0.706. The quantitative estimate of drug-likeness (QED) is 0.885. The number of carbonyl (C=O) groups excluding carboxylic acids is 1. The summed E-state index contributed by atoms with van der Waals surface area (Å²) in [4.78, 5) is 11.9. The molecule has 0 saturated heterocycles. The second-order valence-corrected chi connectivity index (χ2v) is 4.50. The molecule has 106 valence electrons. The molecule has 0 spiro atoms. The zero-order chi connectivity index (χ0) is 14.5. The first-order valence-corrected chi connectivity index (χ1v) is 6.47. The van der Waals surface area contributed by atoms with Crippen LogP contribution in [0.5, 0.6) is 5.75 Å². The van der Waals surface area contributed by atoms with Gasteiger partial charge in [0.1, 0.15) is 18.1 Å². The first kappa shape index (κ1) is 14.2. The van der Waals surface area contributed by atoms with Gasteiger partial charge in [0.05, 0.1) is 12.3 Å². The summed E-state index contributed by atoms with van der Waals surface area (Å²) in [6, 6.07) is 6.68. The predicted octanol–water partition coefficient (Wildman–Crippen LogP) is 2.16. The minimum atomic E-state index is -0.240. The zero-order valence-corrected chi connectivity index (χ0v) is 11.7. The Labute approximate surface area is 121 Å². The van der Waals surface area contributed by atoms with Gasteiger partial charge in [-0.1, -0.05) is 11.6 Å². The molecule has 0 aliphatic heterocycles. The molecule has 0 fully saturated rings. The Morgan fingerprint density at radius 2 is 2.30 bits per heavy atom. The van der Waals surface area contributed by atoms with Crippen molar-refractivity contribution in [3.8, 4) is 5.75 Å². The summed E-state index contributed by atoms with van der Waals surface area (Å²) in [6.07, 6.45) is 1.64. The highest BCUT2D eigenvalue weighted by Gasteiger charge is 2.09. The Morgan fingerprint density at radius 3 is 2.95 bits per heavy atom. The maximum atomic E-state index is 11.9. The predicted molar refractivity (Wildman–Crippen MR) is 77.9 cm³/mol. The van der Waals surface area contributed by atoms with Crippen molar-refractivity contribution in [2.24, 2.45) is 0 Å². The van der Waals surface area contributed by atoms with Crippen LogP contribution in [0.4, 0.5) is 11.5 Å². The fourth-order valence-corrected chi connectivity index (χ4v) is 1.86. The molecule has 1 aromatic heterocycles. The van der Waals surface area contributed by atoms with Crippen molar-refractivity contribution in [2.75, 3.05) is 17.7 Å². The lowest BCUT2D eigenvalue weighted by molar-refractivity contribution is -0.116. The van der Waals surface area contributed by atoms with Crippen LogP contribution in [0.3, 0.4) is 0 Å². The average Bonchev–Trinajstić information content (AvgIpc) is 2.78. The van der Waals surface area contributed by atoms with E-state index in [1.807, 2.05) is 6.92 Å². The van der Waals surface area contributed by atoms with Gasteiger partial charge < -0.3 is 15.8 Å². The molecule has 0 aliphatic carbocycles. The molecule has 0 bridgehead atoms. The van der Waals surface area contributed by atoms with Crippen LogP contribution in [-0.4, -0.2) is 22.3 Å². The van der Waals surface area contributed by atoms with Gasteiger partial charge in [0.25, 0.3) is 0 Å². The Hall–Kier alpha value is -2.21. The van der Waals surface area contributed by atoms with Crippen LogP contribution in [-0.2, 0) is 11.3 Å². The summed E-state index contributed by atoms with van der Waals surface area (Å²) in [6.45, 7) is 2.43. The largest absolute Gasteiger partial charge is 0.492 e. The molecule has 2 aromatic rings. The molecule has 0 atom stereocenters. The third kappa shape index (κ3) is 3.64. The van der Waals surface area contributed by atoms with Gasteiger partial charge in [-0.3, -0.25) is 9.48 Å². The number of hydrogen-bond donors (Lipinski definition) is 2. The standard InChI is InChI=1S/C13H15ClN4O2/c1-2-20-11-4-3-9(14)7-10(11)16-13(19)8-18-6-5-12(15)17-18/h3-7H,2,8H2,1H3,(H2,15,17)(H,16,19). The number of nitrogens with one attached hydrogen (secondary N) is 1. The Morgan fingerprint density at radius 1 is 1.50 bits per heavy atom. The summed E-state index contributed by atoms with van der Waals surface area (Å²) in [5.41, 5.74) is 6.02. The van der Waals surface area contributed by atoms with E-state index in [2.05, 4.69) is 10.4 Å². The van der Waals surface area contributed by atoms with Crippen molar-refractivity contribution in [3.63, 3.8) is 0 Å². The van der Waals surface area contributed by atoms with Crippen LogP contribution < -0.4 is 15.8 Å². The van der Waals surface area contributed by atoms with Gasteiger partial charge in [0.2, 0.25) is 5.91 Å². The van der Waals surface area contributed by atoms with Gasteiger partial charge in [0, 0.05) is 11.2 Å². The molecule has 7 heteroatoms. The van der Waals surface area contributed by atoms with Crippen LogP contribution >= 0.6 is 11.6 Å². The van der Waals surface area contributed by atoms with Crippen LogP contribution in [0.15, 0.2) is 30.5 Å². The van der Waals surface area contributed by atoms with Gasteiger partial charge >= 0.3 is 0 Å². The number of aromatic nitrogens is 2. The number of ether oxygens (including phenoxy) is 1. The molecule has 0 saturated carbocycles. The Bertz CT molecular complexity index is 612. The van der Waals surface area contributed by atoms with Crippen molar-refractivity contribution in [1.29, 1.82) is 0 Å². The zero-order valence-electron chi connectivity index (χ0n) is 11.0. The third-order valence-corrected chi connectivity index (χ3v) is 2.72. The van der Waals surface area contributed by atoms with Crippen LogP contribution in [0.2, 0.25) is 5.02 Å². The lowest BCUT2D eigenvalue weighted by Crippen LogP contribution is -2.19. The summed E-state index contributed by atoms with van der Waals surface area (Å²) in [7, 11) is 0. The minimum absolute atomic E-state index is 0.0648. The fourth-order valence-electron chi connectivity index (χ4n) is 1.68. The molecular formula is C13H15ClN4O2. The lowest BCUT2D eigenvalue weighted by atomic mass is 10.3. The van der Waals surface area contributed by atoms with Crippen molar-refractivity contribution in [2.45, 2.75) is 13.5 Å². The SMILES string of the molecule is CCOc1ccc(Cl)cc1NC(=O)Cn1ccc(N)n1. The fraction of sp³-hybridized carbons (Fsp3) is 0.231. The normalized spacial score (nSPS) is 10.3. The van der Waals surface area contributed by atoms with Crippen molar-refractivity contribution < 1.29 is 9.53 Å². The topological polar surface area (TPSA) is 82.2 Å². The number of nitrogens with zero attached hydrogens (tertiary/aromatic N) is 2. The summed E-state index contributed by atoms with van der Waals surface area (Å²) < 4.78 is 6.89. The molecule has 0 unspecified atom stereocenters. The van der Waals surface area contributed by atoms with Gasteiger partial charge in [-0.15, -0.1) is 0 Å². The second-order valence-electron chi connectivity index (χ2n) is 4.06. The van der Waals surface area contributed by atoms with E-state index in [0.29, 0.717) is 28.9 Å². The summed E-state index contributed by atoms with van der Waals surface area (Å²) >= 11 is 5.92. The molecule has 2 rings (SSSR count). The molecule has 1 amide bonds. The number of halogens is 1. The second kappa shape index (κ2) is 6.29. The first-order chi connectivity index (χ1) is 9.58. The van der Waals surface area contributed by atoms with E-state index in [1.165, 1.54) is 4.68 Å². The number of hydrogen-bond acceptors (Lipinski definition) is 4. The number of benzene rings is 1. The average molecular weight is 295 g/mol. The van der Waals surface area contributed by atoms with E-state index in [1.54, 1.807) is 30.5 Å². The molecule has 6 nitrogen and oxygen atoms in total. The smallest absolute Gasteiger partial charge is 0.246 e. The summed E-state index contributed by atoms with van der Waals surface area (Å²) in [5, 5.41) is 7.21. The maximum Gasteiger partial charge on any atom is 0.246 e.